The van der Waals surface area contributed by atoms with Gasteiger partial charge in [-0.1, -0.05) is 36.4 Å². The van der Waals surface area contributed by atoms with E-state index in [1.54, 1.807) is 6.07 Å². The lowest BCUT2D eigenvalue weighted by molar-refractivity contribution is 0.209. The van der Waals surface area contributed by atoms with Crippen LogP contribution in [-0.4, -0.2) is 41.0 Å². The van der Waals surface area contributed by atoms with Gasteiger partial charge < -0.3 is 9.88 Å². The van der Waals surface area contributed by atoms with Crippen molar-refractivity contribution in [2.75, 3.05) is 31.1 Å². The lowest BCUT2D eigenvalue weighted by atomic mass is 9.97. The molecule has 1 N–H and O–H groups in total. The van der Waals surface area contributed by atoms with Crippen LogP contribution in [0.25, 0.3) is 10.9 Å². The summed E-state index contributed by atoms with van der Waals surface area (Å²) in [6.07, 6.45) is 1.86. The lowest BCUT2D eigenvalue weighted by Crippen LogP contribution is -2.48. The first-order valence-electron chi connectivity index (χ1n) is 10.4. The Balaban J connectivity index is 1.50. The van der Waals surface area contributed by atoms with Crippen LogP contribution in [0.4, 0.5) is 10.1 Å². The van der Waals surface area contributed by atoms with Gasteiger partial charge >= 0.3 is 0 Å². The molecule has 2 aromatic carbocycles. The van der Waals surface area contributed by atoms with Gasteiger partial charge in [-0.15, -0.1) is 0 Å². The van der Waals surface area contributed by atoms with Crippen LogP contribution in [0.2, 0.25) is 0 Å². The normalized spacial score (nSPS) is 16.1. The Morgan fingerprint density at radius 3 is 2.40 bits per heavy atom. The van der Waals surface area contributed by atoms with Crippen LogP contribution < -0.4 is 4.90 Å². The fourth-order valence-electron chi connectivity index (χ4n) is 4.64. The Labute approximate surface area is 176 Å². The Morgan fingerprint density at radius 1 is 0.900 bits per heavy atom. The quantitative estimate of drug-likeness (QED) is 0.528. The maximum Gasteiger partial charge on any atom is 0.146 e. The standard InChI is InChI=1S/C25H25FN4/c1-18-24(19-8-2-4-10-21(19)28-18)25(22-11-6-7-13-27-22)30-16-14-29(15-17-30)23-12-5-3-9-20(23)26/h2-13,25,28H,14-17H2,1H3/t25-/m0/s1. The van der Waals surface area contributed by atoms with Crippen molar-refractivity contribution in [2.45, 2.75) is 13.0 Å². The Kier molecular flexibility index (Phi) is 4.97. The fourth-order valence-corrected chi connectivity index (χ4v) is 4.64. The molecule has 0 saturated carbocycles. The van der Waals surface area contributed by atoms with Crippen molar-refractivity contribution < 1.29 is 4.39 Å². The third-order valence-electron chi connectivity index (χ3n) is 6.06. The molecule has 0 radical (unpaired) electrons. The first-order valence-corrected chi connectivity index (χ1v) is 10.4. The van der Waals surface area contributed by atoms with Crippen LogP contribution in [0.5, 0.6) is 0 Å². The highest BCUT2D eigenvalue weighted by atomic mass is 19.1. The molecule has 1 aliphatic rings. The molecule has 0 unspecified atom stereocenters. The number of nitrogens with zero attached hydrogens (tertiary/aromatic N) is 3. The average Bonchev–Trinajstić information content (AvgIpc) is 3.11. The number of halogens is 1. The number of aryl methyl sites for hydroxylation is 1. The molecule has 5 heteroatoms. The SMILES string of the molecule is Cc1[nH]c2ccccc2c1[C@H](c1ccccn1)N1CCN(c2ccccc2F)CC1. The summed E-state index contributed by atoms with van der Waals surface area (Å²) >= 11 is 0. The van der Waals surface area contributed by atoms with Crippen molar-refractivity contribution in [3.05, 3.63) is 95.7 Å². The Hall–Kier alpha value is -3.18. The number of H-pyrrole nitrogens is 1. The van der Waals surface area contributed by atoms with Crippen LogP contribution in [-0.2, 0) is 0 Å². The lowest BCUT2D eigenvalue weighted by Gasteiger charge is -2.40. The zero-order valence-electron chi connectivity index (χ0n) is 17.1. The minimum atomic E-state index is -0.153. The summed E-state index contributed by atoms with van der Waals surface area (Å²) in [5.41, 5.74) is 5.34. The molecule has 5 rings (SSSR count). The number of anilines is 1. The summed E-state index contributed by atoms with van der Waals surface area (Å²) in [7, 11) is 0. The van der Waals surface area contributed by atoms with Crippen molar-refractivity contribution in [2.24, 2.45) is 0 Å². The number of nitrogens with one attached hydrogen (secondary N) is 1. The van der Waals surface area contributed by atoms with Gasteiger partial charge in [0.25, 0.3) is 0 Å². The number of rotatable bonds is 4. The number of benzene rings is 2. The zero-order chi connectivity index (χ0) is 20.5. The molecule has 1 fully saturated rings. The van der Waals surface area contributed by atoms with E-state index in [9.17, 15) is 4.39 Å². The van der Waals surface area contributed by atoms with Crippen molar-refractivity contribution in [3.63, 3.8) is 0 Å². The van der Waals surface area contributed by atoms with Gasteiger partial charge in [0.15, 0.2) is 0 Å². The monoisotopic (exact) mass is 400 g/mol. The molecule has 1 aliphatic heterocycles. The highest BCUT2D eigenvalue weighted by Crippen LogP contribution is 2.36. The number of aromatic nitrogens is 2. The minimum Gasteiger partial charge on any atom is -0.367 e. The second-order valence-corrected chi connectivity index (χ2v) is 7.84. The van der Waals surface area contributed by atoms with E-state index < -0.39 is 0 Å². The number of pyridine rings is 1. The van der Waals surface area contributed by atoms with Gasteiger partial charge in [-0.3, -0.25) is 9.88 Å². The molecule has 2 aromatic heterocycles. The van der Waals surface area contributed by atoms with E-state index >= 15 is 0 Å². The number of hydrogen-bond acceptors (Lipinski definition) is 3. The number of piperazine rings is 1. The molecule has 1 atom stereocenters. The van der Waals surface area contributed by atoms with Gasteiger partial charge in [-0.25, -0.2) is 4.39 Å². The van der Waals surface area contributed by atoms with E-state index in [4.69, 9.17) is 4.98 Å². The highest BCUT2D eigenvalue weighted by Gasteiger charge is 2.31. The first-order chi connectivity index (χ1) is 14.7. The predicted octanol–water partition coefficient (Wildman–Crippen LogP) is 4.92. The number of aromatic amines is 1. The van der Waals surface area contributed by atoms with Gasteiger partial charge in [0.2, 0.25) is 0 Å². The second-order valence-electron chi connectivity index (χ2n) is 7.84. The van der Waals surface area contributed by atoms with Crippen LogP contribution in [0.15, 0.2) is 72.9 Å². The zero-order valence-corrected chi connectivity index (χ0v) is 17.1. The summed E-state index contributed by atoms with van der Waals surface area (Å²) in [6, 6.07) is 21.7. The maximum atomic E-state index is 14.3. The van der Waals surface area contributed by atoms with Crippen LogP contribution in [0.1, 0.15) is 23.0 Å². The highest BCUT2D eigenvalue weighted by molar-refractivity contribution is 5.85. The van der Waals surface area contributed by atoms with Gasteiger partial charge in [-0.2, -0.15) is 0 Å². The molecule has 3 heterocycles. The van der Waals surface area contributed by atoms with Gasteiger partial charge in [-0.05, 0) is 37.3 Å². The summed E-state index contributed by atoms with van der Waals surface area (Å²) < 4.78 is 14.3. The molecule has 4 aromatic rings. The average molecular weight is 401 g/mol. The summed E-state index contributed by atoms with van der Waals surface area (Å²) in [6.45, 7) is 5.39. The fraction of sp³-hybridized carbons (Fsp3) is 0.240. The predicted molar refractivity (Wildman–Crippen MR) is 119 cm³/mol. The van der Waals surface area contributed by atoms with Crippen molar-refractivity contribution >= 4 is 16.6 Å². The van der Waals surface area contributed by atoms with Gasteiger partial charge in [0.05, 0.1) is 17.4 Å². The molecule has 0 spiro atoms. The number of para-hydroxylation sites is 2. The molecule has 152 valence electrons. The maximum absolute atomic E-state index is 14.3. The van der Waals surface area contributed by atoms with E-state index in [-0.39, 0.29) is 11.9 Å². The first kappa shape index (κ1) is 18.8. The molecule has 30 heavy (non-hydrogen) atoms. The van der Waals surface area contributed by atoms with Crippen molar-refractivity contribution in [3.8, 4) is 0 Å². The van der Waals surface area contributed by atoms with E-state index in [2.05, 4.69) is 58.1 Å². The third kappa shape index (κ3) is 3.35. The van der Waals surface area contributed by atoms with E-state index in [0.717, 1.165) is 37.4 Å². The van der Waals surface area contributed by atoms with Crippen molar-refractivity contribution in [1.29, 1.82) is 0 Å². The Morgan fingerprint density at radius 2 is 1.63 bits per heavy atom. The van der Waals surface area contributed by atoms with Gasteiger partial charge in [0.1, 0.15) is 5.82 Å². The topological polar surface area (TPSA) is 35.2 Å². The van der Waals surface area contributed by atoms with Crippen LogP contribution in [0.3, 0.4) is 0 Å². The summed E-state index contributed by atoms with van der Waals surface area (Å²) in [5.74, 6) is -0.153. The largest absolute Gasteiger partial charge is 0.367 e. The summed E-state index contributed by atoms with van der Waals surface area (Å²) in [5, 5.41) is 1.24. The number of hydrogen-bond donors (Lipinski definition) is 1. The Bertz CT molecular complexity index is 1150. The van der Waals surface area contributed by atoms with Crippen LogP contribution >= 0.6 is 0 Å². The molecule has 4 nitrogen and oxygen atoms in total. The summed E-state index contributed by atoms with van der Waals surface area (Å²) in [4.78, 5) is 12.9. The molecule has 0 aliphatic carbocycles. The molecule has 0 amide bonds. The minimum absolute atomic E-state index is 0.0603. The smallest absolute Gasteiger partial charge is 0.146 e. The van der Waals surface area contributed by atoms with Crippen LogP contribution in [0, 0.1) is 12.7 Å². The molecular weight excluding hydrogens is 375 g/mol. The van der Waals surface area contributed by atoms with Crippen molar-refractivity contribution in [1.82, 2.24) is 14.9 Å². The van der Waals surface area contributed by atoms with Gasteiger partial charge in [0, 0.05) is 54.5 Å². The third-order valence-corrected chi connectivity index (χ3v) is 6.06. The molecule has 1 saturated heterocycles. The molecule has 0 bridgehead atoms. The second kappa shape index (κ2) is 7.92. The van der Waals surface area contributed by atoms with E-state index in [1.165, 1.54) is 22.7 Å². The number of fused-ring (bicyclic) bond motifs is 1. The van der Waals surface area contributed by atoms with E-state index in [1.807, 2.05) is 24.4 Å². The molecular formula is C25H25FN4. The van der Waals surface area contributed by atoms with E-state index in [0.29, 0.717) is 5.69 Å².